The van der Waals surface area contributed by atoms with Crippen LogP contribution in [-0.2, 0) is 0 Å². The highest BCUT2D eigenvalue weighted by atomic mass is 32.1. The highest BCUT2D eigenvalue weighted by molar-refractivity contribution is 7.80. The van der Waals surface area contributed by atoms with Gasteiger partial charge in [-0.15, -0.1) is 0 Å². The lowest BCUT2D eigenvalue weighted by atomic mass is 10.0. The first-order chi connectivity index (χ1) is 16.6. The van der Waals surface area contributed by atoms with Crippen LogP contribution in [0.1, 0.15) is 29.2 Å². The Hall–Kier alpha value is -3.84. The number of hydrogen-bond acceptors (Lipinski definition) is 4. The van der Waals surface area contributed by atoms with Gasteiger partial charge in [0, 0.05) is 29.3 Å². The monoisotopic (exact) mass is 470 g/mol. The van der Waals surface area contributed by atoms with E-state index >= 15 is 0 Å². The number of methoxy groups -OCH3 is 2. The van der Waals surface area contributed by atoms with Crippen LogP contribution in [-0.4, -0.2) is 28.9 Å². The molecule has 2 aromatic carbocycles. The van der Waals surface area contributed by atoms with Gasteiger partial charge in [0.2, 0.25) is 0 Å². The molecule has 0 spiro atoms. The zero-order valence-corrected chi connectivity index (χ0v) is 20.1. The molecule has 1 N–H and O–H groups in total. The van der Waals surface area contributed by atoms with Crippen LogP contribution in [0.2, 0.25) is 0 Å². The van der Waals surface area contributed by atoms with Crippen molar-refractivity contribution in [2.75, 3.05) is 19.1 Å². The molecule has 3 heterocycles. The SMILES string of the molecule is COc1ccc(OC)c(N2C(=S)N[C@H](c3ccccn3)[C@H]2c2ccc(C)n2-c2ccccc2)c1. The third-order valence-electron chi connectivity index (χ3n) is 6.17. The Morgan fingerprint density at radius 2 is 1.71 bits per heavy atom. The molecule has 172 valence electrons. The smallest absolute Gasteiger partial charge is 0.174 e. The summed E-state index contributed by atoms with van der Waals surface area (Å²) in [7, 11) is 3.32. The summed E-state index contributed by atoms with van der Waals surface area (Å²) in [6.45, 7) is 2.11. The Morgan fingerprint density at radius 3 is 2.41 bits per heavy atom. The summed E-state index contributed by atoms with van der Waals surface area (Å²) in [5.41, 5.74) is 5.07. The molecule has 2 aromatic heterocycles. The van der Waals surface area contributed by atoms with Gasteiger partial charge in [-0.25, -0.2) is 0 Å². The summed E-state index contributed by atoms with van der Waals surface area (Å²) in [6, 6.07) is 26.0. The maximum Gasteiger partial charge on any atom is 0.174 e. The van der Waals surface area contributed by atoms with E-state index in [4.69, 9.17) is 21.7 Å². The van der Waals surface area contributed by atoms with E-state index in [2.05, 4.69) is 63.1 Å². The van der Waals surface area contributed by atoms with Crippen molar-refractivity contribution >= 4 is 23.0 Å². The molecule has 0 radical (unpaired) electrons. The quantitative estimate of drug-likeness (QED) is 0.382. The van der Waals surface area contributed by atoms with Crippen LogP contribution in [0.3, 0.4) is 0 Å². The third-order valence-corrected chi connectivity index (χ3v) is 6.48. The second kappa shape index (κ2) is 9.19. The molecule has 1 aliphatic heterocycles. The lowest BCUT2D eigenvalue weighted by Gasteiger charge is -2.30. The Bertz CT molecular complexity index is 1310. The van der Waals surface area contributed by atoms with Gasteiger partial charge in [0.15, 0.2) is 5.11 Å². The number of aromatic nitrogens is 2. The molecule has 6 nitrogen and oxygen atoms in total. The number of thiocarbonyl (C=S) groups is 1. The summed E-state index contributed by atoms with van der Waals surface area (Å²) in [5, 5.41) is 4.13. The number of aryl methyl sites for hydroxylation is 1. The van der Waals surface area contributed by atoms with Crippen molar-refractivity contribution in [2.45, 2.75) is 19.0 Å². The number of benzene rings is 2. The van der Waals surface area contributed by atoms with Gasteiger partial charge in [0.25, 0.3) is 0 Å². The number of para-hydroxylation sites is 1. The molecule has 7 heteroatoms. The summed E-state index contributed by atoms with van der Waals surface area (Å²) < 4.78 is 13.6. The van der Waals surface area contributed by atoms with Crippen molar-refractivity contribution in [1.82, 2.24) is 14.9 Å². The number of pyridine rings is 1. The fourth-order valence-corrected chi connectivity index (χ4v) is 4.96. The second-order valence-electron chi connectivity index (χ2n) is 8.10. The van der Waals surface area contributed by atoms with Crippen LogP contribution >= 0.6 is 12.2 Å². The maximum absolute atomic E-state index is 5.91. The number of anilines is 1. The number of nitrogens with zero attached hydrogens (tertiary/aromatic N) is 3. The largest absolute Gasteiger partial charge is 0.497 e. The van der Waals surface area contributed by atoms with E-state index in [1.165, 1.54) is 0 Å². The molecule has 34 heavy (non-hydrogen) atoms. The normalized spacial score (nSPS) is 17.5. The maximum atomic E-state index is 5.91. The average Bonchev–Trinajstić information content (AvgIpc) is 3.43. The van der Waals surface area contributed by atoms with Crippen molar-refractivity contribution < 1.29 is 9.47 Å². The summed E-state index contributed by atoms with van der Waals surface area (Å²) in [4.78, 5) is 6.79. The molecule has 1 fully saturated rings. The molecular weight excluding hydrogens is 444 g/mol. The fourth-order valence-electron chi connectivity index (χ4n) is 4.62. The zero-order chi connectivity index (χ0) is 23.7. The summed E-state index contributed by atoms with van der Waals surface area (Å²) in [6.07, 6.45) is 1.81. The van der Waals surface area contributed by atoms with Crippen molar-refractivity contribution in [1.29, 1.82) is 0 Å². The highest BCUT2D eigenvalue weighted by Gasteiger charge is 2.43. The molecule has 0 unspecified atom stereocenters. The van der Waals surface area contributed by atoms with Crippen LogP contribution in [0.5, 0.6) is 11.5 Å². The Kier molecular flexibility index (Phi) is 5.94. The molecule has 0 aliphatic carbocycles. The van der Waals surface area contributed by atoms with Gasteiger partial charge in [-0.3, -0.25) is 4.98 Å². The average molecular weight is 471 g/mol. The van der Waals surface area contributed by atoms with Gasteiger partial charge in [-0.2, -0.15) is 0 Å². The number of hydrogen-bond donors (Lipinski definition) is 1. The van der Waals surface area contributed by atoms with E-state index in [1.54, 1.807) is 14.2 Å². The lowest BCUT2D eigenvalue weighted by Crippen LogP contribution is -2.30. The molecular formula is C27H26N4O2S. The van der Waals surface area contributed by atoms with E-state index in [0.717, 1.165) is 34.2 Å². The number of ether oxygens (including phenoxy) is 2. The molecule has 5 rings (SSSR count). The highest BCUT2D eigenvalue weighted by Crippen LogP contribution is 2.46. The minimum absolute atomic E-state index is 0.165. The Morgan fingerprint density at radius 1 is 0.912 bits per heavy atom. The van der Waals surface area contributed by atoms with Crippen molar-refractivity contribution in [3.8, 4) is 17.2 Å². The van der Waals surface area contributed by atoms with Gasteiger partial charge in [0.05, 0.1) is 31.6 Å². The standard InChI is InChI=1S/C27H26N4O2S/c1-18-12-14-22(30(18)19-9-5-4-6-10-19)26-25(21-11-7-8-16-28-21)29-27(34)31(26)23-17-20(32-2)13-15-24(23)33-3/h4-17,25-26H,1-3H3,(H,29,34)/t25-,26-/m1/s1. The van der Waals surface area contributed by atoms with Crippen LogP contribution < -0.4 is 19.7 Å². The van der Waals surface area contributed by atoms with Crippen LogP contribution in [0, 0.1) is 6.92 Å². The van der Waals surface area contributed by atoms with Gasteiger partial charge < -0.3 is 24.3 Å². The van der Waals surface area contributed by atoms with Crippen molar-refractivity contribution in [3.05, 3.63) is 102 Å². The van der Waals surface area contributed by atoms with E-state index in [1.807, 2.05) is 48.7 Å². The molecule has 0 amide bonds. The predicted octanol–water partition coefficient (Wildman–Crippen LogP) is 5.38. The van der Waals surface area contributed by atoms with E-state index in [0.29, 0.717) is 10.9 Å². The minimum Gasteiger partial charge on any atom is -0.497 e. The molecule has 1 aliphatic rings. The molecule has 1 saturated heterocycles. The fraction of sp³-hybridized carbons (Fsp3) is 0.185. The topological polar surface area (TPSA) is 51.6 Å². The van der Waals surface area contributed by atoms with E-state index < -0.39 is 0 Å². The number of nitrogens with one attached hydrogen (secondary N) is 1. The minimum atomic E-state index is -0.183. The number of rotatable bonds is 6. The van der Waals surface area contributed by atoms with Crippen LogP contribution in [0.25, 0.3) is 5.69 Å². The van der Waals surface area contributed by atoms with E-state index in [-0.39, 0.29) is 12.1 Å². The van der Waals surface area contributed by atoms with E-state index in [9.17, 15) is 0 Å². The lowest BCUT2D eigenvalue weighted by molar-refractivity contribution is 0.402. The molecule has 2 atom stereocenters. The second-order valence-corrected chi connectivity index (χ2v) is 8.49. The summed E-state index contributed by atoms with van der Waals surface area (Å²) in [5.74, 6) is 1.44. The third kappa shape index (κ3) is 3.78. The molecule has 0 saturated carbocycles. The Labute approximate surface area is 204 Å². The van der Waals surface area contributed by atoms with Crippen LogP contribution in [0.15, 0.2) is 85.1 Å². The van der Waals surface area contributed by atoms with Crippen molar-refractivity contribution in [3.63, 3.8) is 0 Å². The van der Waals surface area contributed by atoms with Gasteiger partial charge in [-0.05, 0) is 67.7 Å². The van der Waals surface area contributed by atoms with Crippen molar-refractivity contribution in [2.24, 2.45) is 0 Å². The Balaban J connectivity index is 1.73. The predicted molar refractivity (Wildman–Crippen MR) is 138 cm³/mol. The summed E-state index contributed by atoms with van der Waals surface area (Å²) >= 11 is 5.91. The molecule has 0 bridgehead atoms. The molecule has 4 aromatic rings. The first-order valence-electron chi connectivity index (χ1n) is 11.1. The van der Waals surface area contributed by atoms with Gasteiger partial charge >= 0.3 is 0 Å². The van der Waals surface area contributed by atoms with Crippen LogP contribution in [0.4, 0.5) is 5.69 Å². The first kappa shape index (κ1) is 22.0. The van der Waals surface area contributed by atoms with Gasteiger partial charge in [0.1, 0.15) is 17.5 Å². The van der Waals surface area contributed by atoms with Gasteiger partial charge in [-0.1, -0.05) is 24.3 Å². The zero-order valence-electron chi connectivity index (χ0n) is 19.3. The first-order valence-corrected chi connectivity index (χ1v) is 11.5.